The number of benzene rings is 5. The van der Waals surface area contributed by atoms with Crippen LogP contribution in [0.2, 0.25) is 0 Å². The van der Waals surface area contributed by atoms with Gasteiger partial charge in [0.2, 0.25) is 0 Å². The highest BCUT2D eigenvalue weighted by atomic mass is 31.1. The van der Waals surface area contributed by atoms with Crippen molar-refractivity contribution < 1.29 is 0 Å². The van der Waals surface area contributed by atoms with Gasteiger partial charge in [-0.3, -0.25) is 0 Å². The first-order chi connectivity index (χ1) is 25.3. The molecule has 242 valence electrons. The maximum Gasteiger partial charge on any atom is 0.0676 e. The molecule has 0 bridgehead atoms. The lowest BCUT2D eigenvalue weighted by atomic mass is 9.57. The molecule has 7 aliphatic rings. The van der Waals surface area contributed by atoms with Gasteiger partial charge in [-0.15, -0.1) is 0 Å². The fraction of sp³-hybridized carbons (Fsp3) is 0.125. The van der Waals surface area contributed by atoms with Crippen LogP contribution in [0.4, 0.5) is 11.4 Å². The molecule has 5 aromatic carbocycles. The van der Waals surface area contributed by atoms with E-state index in [4.69, 9.17) is 0 Å². The number of hydrogen-bond acceptors (Lipinski definition) is 2. The Morgan fingerprint density at radius 2 is 1.39 bits per heavy atom. The molecule has 6 atom stereocenters. The minimum atomic E-state index is -0.344. The van der Waals surface area contributed by atoms with Crippen LogP contribution in [0.3, 0.4) is 0 Å². The van der Waals surface area contributed by atoms with Gasteiger partial charge in [-0.1, -0.05) is 154 Å². The summed E-state index contributed by atoms with van der Waals surface area (Å²) in [5.41, 5.74) is 19.7. The van der Waals surface area contributed by atoms with Crippen LogP contribution in [-0.4, -0.2) is 18.2 Å². The van der Waals surface area contributed by atoms with Crippen LogP contribution in [0.1, 0.15) is 44.9 Å². The fourth-order valence-electron chi connectivity index (χ4n) is 10.8. The van der Waals surface area contributed by atoms with Gasteiger partial charge in [0, 0.05) is 52.2 Å². The number of nitrogens with zero attached hydrogens (tertiary/aromatic N) is 1. The second-order valence-electron chi connectivity index (χ2n) is 14.8. The zero-order chi connectivity index (χ0) is 33.3. The Morgan fingerprint density at radius 3 is 2.29 bits per heavy atom. The van der Waals surface area contributed by atoms with Crippen LogP contribution in [0.5, 0.6) is 0 Å². The van der Waals surface area contributed by atoms with Gasteiger partial charge in [-0.25, -0.2) is 0 Å². The number of nitrogens with one attached hydrogen (secondary N) is 1. The number of anilines is 2. The zero-order valence-corrected chi connectivity index (χ0v) is 29.1. The first-order valence-corrected chi connectivity index (χ1v) is 19.4. The lowest BCUT2D eigenvalue weighted by molar-refractivity contribution is 0.404. The monoisotopic (exact) mass is 670 g/mol. The molecule has 0 saturated heterocycles. The van der Waals surface area contributed by atoms with E-state index in [1.54, 1.807) is 5.30 Å². The van der Waals surface area contributed by atoms with Crippen molar-refractivity contribution in [3.8, 4) is 11.1 Å². The Kier molecular flexibility index (Phi) is 5.72. The largest absolute Gasteiger partial charge is 0.381 e. The zero-order valence-electron chi connectivity index (χ0n) is 28.1. The van der Waals surface area contributed by atoms with Gasteiger partial charge in [-0.2, -0.15) is 0 Å². The lowest BCUT2D eigenvalue weighted by Crippen LogP contribution is -2.52. The highest BCUT2D eigenvalue weighted by molar-refractivity contribution is 7.50. The summed E-state index contributed by atoms with van der Waals surface area (Å²) in [6, 6.07) is 42.0. The maximum absolute atomic E-state index is 3.77. The number of fused-ring (bicyclic) bond motifs is 16. The number of rotatable bonds is 2. The molecule has 12 rings (SSSR count). The molecule has 5 aromatic rings. The van der Waals surface area contributed by atoms with Crippen molar-refractivity contribution >= 4 is 42.1 Å². The van der Waals surface area contributed by atoms with Crippen molar-refractivity contribution in [2.45, 2.75) is 23.0 Å². The van der Waals surface area contributed by atoms with E-state index in [2.05, 4.69) is 174 Å². The number of hydrogen-bond donors (Lipinski definition) is 1. The average Bonchev–Trinajstić information content (AvgIpc) is 3.85. The molecule has 2 nitrogen and oxygen atoms in total. The van der Waals surface area contributed by atoms with E-state index in [0.717, 1.165) is 6.54 Å². The van der Waals surface area contributed by atoms with E-state index in [0.29, 0.717) is 20.2 Å². The third-order valence-corrected chi connectivity index (χ3v) is 14.5. The lowest BCUT2D eigenvalue weighted by Gasteiger charge is -2.52. The summed E-state index contributed by atoms with van der Waals surface area (Å²) in [7, 11) is 0.689. The predicted octanol–water partition coefficient (Wildman–Crippen LogP) is 10.0. The molecule has 3 heteroatoms. The summed E-state index contributed by atoms with van der Waals surface area (Å²) in [6.45, 7) is 0.847. The number of dihydropyridines is 1. The Labute approximate surface area is 300 Å². The first kappa shape index (κ1) is 28.3. The smallest absolute Gasteiger partial charge is 0.0676 e. The van der Waals surface area contributed by atoms with Crippen molar-refractivity contribution in [3.05, 3.63) is 203 Å². The Balaban J connectivity index is 1.17. The summed E-state index contributed by atoms with van der Waals surface area (Å²) in [4.78, 5) is 2.67. The van der Waals surface area contributed by atoms with Crippen molar-refractivity contribution in [3.63, 3.8) is 0 Å². The van der Waals surface area contributed by atoms with Gasteiger partial charge in [0.25, 0.3) is 0 Å². The van der Waals surface area contributed by atoms with Crippen LogP contribution in [0.25, 0.3) is 28.0 Å². The van der Waals surface area contributed by atoms with Gasteiger partial charge >= 0.3 is 0 Å². The number of allylic oxidation sites excluding steroid dienone is 8. The van der Waals surface area contributed by atoms with E-state index in [1.807, 2.05) is 0 Å². The minimum Gasteiger partial charge on any atom is -0.381 e. The predicted molar refractivity (Wildman–Crippen MR) is 214 cm³/mol. The molecule has 0 saturated carbocycles. The summed E-state index contributed by atoms with van der Waals surface area (Å²) in [5, 5.41) is 5.34. The maximum atomic E-state index is 3.77. The fourth-order valence-corrected chi connectivity index (χ4v) is 12.8. The molecule has 1 spiro atoms. The normalized spacial score (nSPS) is 26.7. The topological polar surface area (TPSA) is 15.3 Å². The Bertz CT molecular complexity index is 2550. The van der Waals surface area contributed by atoms with Crippen LogP contribution in [0.15, 0.2) is 164 Å². The van der Waals surface area contributed by atoms with Gasteiger partial charge in [-0.05, 0) is 73.6 Å². The summed E-state index contributed by atoms with van der Waals surface area (Å²) in [6.07, 6.45) is 21.2. The van der Waals surface area contributed by atoms with E-state index < -0.39 is 0 Å². The molecular formula is C48H35N2P. The molecule has 6 unspecified atom stereocenters. The highest BCUT2D eigenvalue weighted by Gasteiger charge is 2.61. The summed E-state index contributed by atoms with van der Waals surface area (Å²) >= 11 is 0. The molecule has 4 heterocycles. The SMILES string of the molecule is C1=CCNC(c2cccc3c2-c2c(ccc4c2PC2C(c5ccccc5)=CC=CC42)C32c3ccccc3N3c4ccccc4C4=CC=CC2C43)=C1. The van der Waals surface area contributed by atoms with Crippen LogP contribution < -0.4 is 15.5 Å². The molecule has 1 N–H and O–H groups in total. The van der Waals surface area contributed by atoms with Crippen molar-refractivity contribution in [1.82, 2.24) is 5.32 Å². The Morgan fingerprint density at radius 1 is 0.627 bits per heavy atom. The van der Waals surface area contributed by atoms with E-state index in [9.17, 15) is 0 Å². The van der Waals surface area contributed by atoms with E-state index in [-0.39, 0.29) is 17.4 Å². The summed E-state index contributed by atoms with van der Waals surface area (Å²) < 4.78 is 0. The van der Waals surface area contributed by atoms with Gasteiger partial charge in [0.05, 0.1) is 11.5 Å². The third-order valence-electron chi connectivity index (χ3n) is 12.6. The van der Waals surface area contributed by atoms with Crippen molar-refractivity contribution in [1.29, 1.82) is 0 Å². The molecule has 4 aliphatic heterocycles. The van der Waals surface area contributed by atoms with E-state index >= 15 is 0 Å². The average molecular weight is 671 g/mol. The van der Waals surface area contributed by atoms with Crippen molar-refractivity contribution in [2.24, 2.45) is 5.92 Å². The van der Waals surface area contributed by atoms with Gasteiger partial charge < -0.3 is 10.2 Å². The van der Waals surface area contributed by atoms with Gasteiger partial charge in [0.1, 0.15) is 0 Å². The third kappa shape index (κ3) is 3.52. The molecular weight excluding hydrogens is 636 g/mol. The molecule has 0 aromatic heterocycles. The van der Waals surface area contributed by atoms with Crippen molar-refractivity contribution in [2.75, 3.05) is 11.4 Å². The molecule has 0 fully saturated rings. The van der Waals surface area contributed by atoms with Gasteiger partial charge in [0.15, 0.2) is 0 Å². The quantitative estimate of drug-likeness (QED) is 0.188. The van der Waals surface area contributed by atoms with Crippen LogP contribution in [0, 0.1) is 5.92 Å². The standard InChI is InChI=1S/C48H35N2P/c1-2-13-29(14-3-1)30-16-10-18-33-34-26-27-38-44(47(34)51-46(30)33)43-35(40-23-8-9-28-49-40)19-12-21-37(43)48(38)36-20-5-7-25-42(36)50-41-24-6-4-15-31(41)32-17-11-22-39(48)45(32)50/h1-27,33,39,45-46,49,51H,28H2. The Hall–Kier alpha value is -5.43. The molecule has 0 amide bonds. The summed E-state index contributed by atoms with van der Waals surface area (Å²) in [5.74, 6) is 0.599. The molecule has 3 aliphatic carbocycles. The minimum absolute atomic E-state index is 0.216. The van der Waals surface area contributed by atoms with E-state index in [1.165, 1.54) is 78.3 Å². The highest BCUT2D eigenvalue weighted by Crippen LogP contribution is 2.68. The molecule has 0 radical (unpaired) electrons. The van der Waals surface area contributed by atoms with Crippen LogP contribution in [-0.2, 0) is 5.41 Å². The van der Waals surface area contributed by atoms with Crippen LogP contribution >= 0.6 is 8.58 Å². The first-order valence-electron chi connectivity index (χ1n) is 18.3. The second-order valence-corrected chi connectivity index (χ2v) is 16.2. The number of para-hydroxylation sites is 2. The molecule has 51 heavy (non-hydrogen) atoms. The second kappa shape index (κ2) is 10.3.